The Morgan fingerprint density at radius 1 is 1.00 bits per heavy atom. The summed E-state index contributed by atoms with van der Waals surface area (Å²) in [6, 6.07) is 12.4. The molecule has 2 heterocycles. The Kier molecular flexibility index (Phi) is 3.87. The molecule has 1 aromatic carbocycles. The van der Waals surface area contributed by atoms with E-state index in [-0.39, 0.29) is 0 Å². The summed E-state index contributed by atoms with van der Waals surface area (Å²) in [5.74, 6) is 0.579. The molecule has 0 spiro atoms. The fourth-order valence-corrected chi connectivity index (χ4v) is 2.30. The SMILES string of the molecule is CCOc1nc(-c2ccccc2)cn1-c1nc(C)cc(C)n1. The van der Waals surface area contributed by atoms with Crippen LogP contribution in [0.15, 0.2) is 42.6 Å². The first-order valence-corrected chi connectivity index (χ1v) is 7.27. The van der Waals surface area contributed by atoms with Crippen molar-refractivity contribution in [3.05, 3.63) is 54.0 Å². The molecule has 0 saturated heterocycles. The van der Waals surface area contributed by atoms with Gasteiger partial charge in [0, 0.05) is 23.1 Å². The predicted octanol–water partition coefficient (Wildman–Crippen LogP) is 3.34. The van der Waals surface area contributed by atoms with Crippen molar-refractivity contribution in [3.8, 4) is 23.2 Å². The molecular formula is C17H18N4O. The predicted molar refractivity (Wildman–Crippen MR) is 85.2 cm³/mol. The van der Waals surface area contributed by atoms with Gasteiger partial charge in [-0.3, -0.25) is 0 Å². The minimum atomic E-state index is 0.506. The number of imidazole rings is 1. The average Bonchev–Trinajstić information content (AvgIpc) is 2.92. The molecule has 0 bridgehead atoms. The molecule has 112 valence electrons. The molecule has 0 radical (unpaired) electrons. The van der Waals surface area contributed by atoms with E-state index in [0.717, 1.165) is 22.6 Å². The van der Waals surface area contributed by atoms with Gasteiger partial charge in [-0.15, -0.1) is 0 Å². The summed E-state index contributed by atoms with van der Waals surface area (Å²) < 4.78 is 7.44. The van der Waals surface area contributed by atoms with E-state index in [0.29, 0.717) is 18.6 Å². The second-order valence-electron chi connectivity index (χ2n) is 5.03. The minimum Gasteiger partial charge on any atom is -0.465 e. The largest absolute Gasteiger partial charge is 0.465 e. The second kappa shape index (κ2) is 5.97. The van der Waals surface area contributed by atoms with E-state index in [4.69, 9.17) is 4.74 Å². The third-order valence-corrected chi connectivity index (χ3v) is 3.20. The summed E-state index contributed by atoms with van der Waals surface area (Å²) in [6.07, 6.45) is 1.91. The Hall–Kier alpha value is -2.69. The van der Waals surface area contributed by atoms with E-state index >= 15 is 0 Å². The van der Waals surface area contributed by atoms with Crippen LogP contribution in [0, 0.1) is 13.8 Å². The summed E-state index contributed by atoms with van der Waals surface area (Å²) in [6.45, 7) is 6.38. The zero-order valence-corrected chi connectivity index (χ0v) is 12.9. The smallest absolute Gasteiger partial charge is 0.304 e. The third-order valence-electron chi connectivity index (χ3n) is 3.20. The Morgan fingerprint density at radius 2 is 1.68 bits per heavy atom. The fourth-order valence-electron chi connectivity index (χ4n) is 2.30. The van der Waals surface area contributed by atoms with Gasteiger partial charge in [-0.1, -0.05) is 30.3 Å². The van der Waals surface area contributed by atoms with E-state index in [1.54, 1.807) is 4.57 Å². The highest BCUT2D eigenvalue weighted by atomic mass is 16.5. The molecule has 5 heteroatoms. The first-order chi connectivity index (χ1) is 10.7. The molecule has 0 fully saturated rings. The molecule has 0 aliphatic carbocycles. The number of aromatic nitrogens is 4. The quantitative estimate of drug-likeness (QED) is 0.740. The Bertz CT molecular complexity index is 760. The van der Waals surface area contributed by atoms with Crippen LogP contribution in [0.4, 0.5) is 0 Å². The molecule has 2 aromatic heterocycles. The van der Waals surface area contributed by atoms with Crippen molar-refractivity contribution in [1.82, 2.24) is 19.5 Å². The van der Waals surface area contributed by atoms with Gasteiger partial charge >= 0.3 is 6.01 Å². The lowest BCUT2D eigenvalue weighted by Crippen LogP contribution is -2.06. The maximum absolute atomic E-state index is 5.65. The first-order valence-electron chi connectivity index (χ1n) is 7.27. The molecular weight excluding hydrogens is 276 g/mol. The van der Waals surface area contributed by atoms with Crippen molar-refractivity contribution in [2.24, 2.45) is 0 Å². The van der Waals surface area contributed by atoms with E-state index in [1.807, 2.05) is 63.4 Å². The summed E-state index contributed by atoms with van der Waals surface area (Å²) in [7, 11) is 0. The maximum Gasteiger partial charge on any atom is 0.304 e. The number of benzene rings is 1. The van der Waals surface area contributed by atoms with Crippen molar-refractivity contribution in [1.29, 1.82) is 0 Å². The van der Waals surface area contributed by atoms with Gasteiger partial charge in [-0.25, -0.2) is 14.5 Å². The average molecular weight is 294 g/mol. The molecule has 22 heavy (non-hydrogen) atoms. The van der Waals surface area contributed by atoms with Crippen molar-refractivity contribution < 1.29 is 4.74 Å². The highest BCUT2D eigenvalue weighted by Crippen LogP contribution is 2.24. The van der Waals surface area contributed by atoms with Crippen LogP contribution in [0.3, 0.4) is 0 Å². The monoisotopic (exact) mass is 294 g/mol. The molecule has 0 saturated carbocycles. The molecule has 5 nitrogen and oxygen atoms in total. The molecule has 3 rings (SSSR count). The molecule has 0 atom stereocenters. The van der Waals surface area contributed by atoms with Crippen molar-refractivity contribution in [3.63, 3.8) is 0 Å². The third kappa shape index (κ3) is 2.83. The highest BCUT2D eigenvalue weighted by Gasteiger charge is 2.14. The van der Waals surface area contributed by atoms with Crippen molar-refractivity contribution in [2.45, 2.75) is 20.8 Å². The van der Waals surface area contributed by atoms with Crippen LogP contribution in [-0.2, 0) is 0 Å². The topological polar surface area (TPSA) is 52.8 Å². The van der Waals surface area contributed by atoms with E-state index in [1.165, 1.54) is 0 Å². The summed E-state index contributed by atoms with van der Waals surface area (Å²) in [5.41, 5.74) is 3.71. The Morgan fingerprint density at radius 3 is 2.32 bits per heavy atom. The van der Waals surface area contributed by atoms with Crippen LogP contribution in [0.1, 0.15) is 18.3 Å². The highest BCUT2D eigenvalue weighted by molar-refractivity contribution is 5.59. The second-order valence-corrected chi connectivity index (χ2v) is 5.03. The number of hydrogen-bond acceptors (Lipinski definition) is 4. The standard InChI is InChI=1S/C17H18N4O/c1-4-22-17-20-15(14-8-6-5-7-9-14)11-21(17)16-18-12(2)10-13(3)19-16/h5-11H,4H2,1-3H3. The Labute approximate surface area is 129 Å². The molecule has 3 aromatic rings. The van der Waals surface area contributed by atoms with E-state index in [2.05, 4.69) is 15.0 Å². The molecule has 0 N–H and O–H groups in total. The summed E-state index contributed by atoms with van der Waals surface area (Å²) >= 11 is 0. The molecule has 0 aliphatic heterocycles. The summed E-state index contributed by atoms with van der Waals surface area (Å²) in [5, 5.41) is 0. The van der Waals surface area contributed by atoms with Gasteiger partial charge in [0.25, 0.3) is 0 Å². The number of hydrogen-bond donors (Lipinski definition) is 0. The van der Waals surface area contributed by atoms with E-state index in [9.17, 15) is 0 Å². The van der Waals surface area contributed by atoms with Gasteiger partial charge in [0.2, 0.25) is 5.95 Å². The van der Waals surface area contributed by atoms with Crippen LogP contribution in [0.5, 0.6) is 6.01 Å². The van der Waals surface area contributed by atoms with Crippen molar-refractivity contribution in [2.75, 3.05) is 6.61 Å². The summed E-state index contributed by atoms with van der Waals surface area (Å²) in [4.78, 5) is 13.5. The molecule has 0 unspecified atom stereocenters. The number of ether oxygens (including phenoxy) is 1. The normalized spacial score (nSPS) is 10.7. The zero-order valence-electron chi connectivity index (χ0n) is 12.9. The zero-order chi connectivity index (χ0) is 15.5. The first kappa shape index (κ1) is 14.3. The maximum atomic E-state index is 5.65. The van der Waals surface area contributed by atoms with Gasteiger partial charge in [0.15, 0.2) is 0 Å². The lowest BCUT2D eigenvalue weighted by atomic mass is 10.2. The lowest BCUT2D eigenvalue weighted by Gasteiger charge is -2.07. The van der Waals surface area contributed by atoms with Gasteiger partial charge < -0.3 is 4.74 Å². The number of nitrogens with zero attached hydrogens (tertiary/aromatic N) is 4. The minimum absolute atomic E-state index is 0.506. The fraction of sp³-hybridized carbons (Fsp3) is 0.235. The van der Waals surface area contributed by atoms with Crippen molar-refractivity contribution >= 4 is 0 Å². The molecule has 0 amide bonds. The molecule has 0 aliphatic rings. The van der Waals surface area contributed by atoms with Crippen LogP contribution < -0.4 is 4.74 Å². The van der Waals surface area contributed by atoms with Crippen LogP contribution >= 0.6 is 0 Å². The van der Waals surface area contributed by atoms with E-state index < -0.39 is 0 Å². The van der Waals surface area contributed by atoms with Crippen LogP contribution in [0.2, 0.25) is 0 Å². The van der Waals surface area contributed by atoms with Crippen LogP contribution in [-0.4, -0.2) is 26.1 Å². The van der Waals surface area contributed by atoms with Gasteiger partial charge in [0.1, 0.15) is 0 Å². The van der Waals surface area contributed by atoms with Crippen LogP contribution in [0.25, 0.3) is 17.2 Å². The van der Waals surface area contributed by atoms with Gasteiger partial charge in [-0.2, -0.15) is 4.98 Å². The lowest BCUT2D eigenvalue weighted by molar-refractivity contribution is 0.307. The number of aryl methyl sites for hydroxylation is 2. The van der Waals surface area contributed by atoms with Gasteiger partial charge in [0.05, 0.1) is 12.3 Å². The Balaban J connectivity index is 2.11. The van der Waals surface area contributed by atoms with Gasteiger partial charge in [-0.05, 0) is 26.8 Å². The number of rotatable bonds is 4.